The molecule has 0 bridgehead atoms. The summed E-state index contributed by atoms with van der Waals surface area (Å²) in [4.78, 5) is 2.11. The second-order valence-corrected chi connectivity index (χ2v) is 4.63. The van der Waals surface area contributed by atoms with Crippen LogP contribution in [0.1, 0.15) is 5.56 Å². The van der Waals surface area contributed by atoms with E-state index in [9.17, 15) is 0 Å². The van der Waals surface area contributed by atoms with E-state index in [1.165, 1.54) is 16.8 Å². The van der Waals surface area contributed by atoms with Crippen LogP contribution in [0.4, 0.5) is 5.69 Å². The van der Waals surface area contributed by atoms with Gasteiger partial charge in [0.05, 0.1) is 7.11 Å². The highest BCUT2D eigenvalue weighted by atomic mass is 16.5. The van der Waals surface area contributed by atoms with Crippen LogP contribution >= 0.6 is 0 Å². The van der Waals surface area contributed by atoms with Crippen LogP contribution in [-0.4, -0.2) is 21.2 Å². The Bertz CT molecular complexity index is 547. The Morgan fingerprint density at radius 2 is 1.67 bits per heavy atom. The first-order valence-corrected chi connectivity index (χ1v) is 6.04. The van der Waals surface area contributed by atoms with Gasteiger partial charge in [-0.05, 0) is 47.9 Å². The molecule has 0 N–H and O–H groups in total. The van der Waals surface area contributed by atoms with Gasteiger partial charge in [0.1, 0.15) is 5.75 Å². The fraction of sp³-hybridized carbons (Fsp3) is 0.250. The zero-order valence-corrected chi connectivity index (χ0v) is 11.4. The molecular formula is C16H19NO. The van der Waals surface area contributed by atoms with Crippen molar-refractivity contribution < 1.29 is 4.74 Å². The minimum Gasteiger partial charge on any atom is -0.496 e. The van der Waals surface area contributed by atoms with E-state index < -0.39 is 0 Å². The number of anilines is 1. The monoisotopic (exact) mass is 241 g/mol. The predicted octanol–water partition coefficient (Wildman–Crippen LogP) is 3.74. The molecule has 0 atom stereocenters. The summed E-state index contributed by atoms with van der Waals surface area (Å²) in [5, 5.41) is 0. The van der Waals surface area contributed by atoms with E-state index in [4.69, 9.17) is 4.74 Å². The molecule has 2 aromatic carbocycles. The Morgan fingerprint density at radius 1 is 0.944 bits per heavy atom. The maximum Gasteiger partial charge on any atom is 0.121 e. The molecule has 2 rings (SSSR count). The Morgan fingerprint density at radius 3 is 2.28 bits per heavy atom. The van der Waals surface area contributed by atoms with Gasteiger partial charge in [-0.3, -0.25) is 0 Å². The summed E-state index contributed by atoms with van der Waals surface area (Å²) in [5.41, 5.74) is 4.81. The summed E-state index contributed by atoms with van der Waals surface area (Å²) in [7, 11) is 5.81. The van der Waals surface area contributed by atoms with E-state index in [-0.39, 0.29) is 0 Å². The minimum absolute atomic E-state index is 0.933. The fourth-order valence-corrected chi connectivity index (χ4v) is 2.02. The maximum atomic E-state index is 5.29. The molecule has 2 heteroatoms. The number of methoxy groups -OCH3 is 1. The van der Waals surface area contributed by atoms with Gasteiger partial charge in [0.2, 0.25) is 0 Å². The van der Waals surface area contributed by atoms with E-state index in [0.29, 0.717) is 0 Å². The first-order chi connectivity index (χ1) is 8.61. The number of aryl methyl sites for hydroxylation is 1. The van der Waals surface area contributed by atoms with Gasteiger partial charge in [-0.1, -0.05) is 18.2 Å². The van der Waals surface area contributed by atoms with E-state index in [2.05, 4.69) is 62.3 Å². The van der Waals surface area contributed by atoms with Crippen LogP contribution in [0.15, 0.2) is 42.5 Å². The second kappa shape index (κ2) is 5.13. The average molecular weight is 241 g/mol. The van der Waals surface area contributed by atoms with Crippen molar-refractivity contribution in [3.8, 4) is 16.9 Å². The molecule has 0 aromatic heterocycles. The van der Waals surface area contributed by atoms with E-state index >= 15 is 0 Å². The molecule has 0 fully saturated rings. The van der Waals surface area contributed by atoms with Crippen molar-refractivity contribution in [1.29, 1.82) is 0 Å². The standard InChI is InChI=1S/C16H19NO/c1-12-10-14(8-9-16(12)18-4)13-6-5-7-15(11-13)17(2)3/h5-11H,1-4H3. The summed E-state index contributed by atoms with van der Waals surface area (Å²) in [5.74, 6) is 0.933. The molecule has 0 amide bonds. The van der Waals surface area contributed by atoms with Crippen molar-refractivity contribution in [2.24, 2.45) is 0 Å². The van der Waals surface area contributed by atoms with Gasteiger partial charge in [-0.25, -0.2) is 0 Å². The number of nitrogens with zero attached hydrogens (tertiary/aromatic N) is 1. The molecule has 0 spiro atoms. The van der Waals surface area contributed by atoms with Crippen molar-refractivity contribution in [2.75, 3.05) is 26.1 Å². The third-order valence-corrected chi connectivity index (χ3v) is 3.09. The third kappa shape index (κ3) is 2.48. The predicted molar refractivity (Wildman–Crippen MR) is 77.5 cm³/mol. The quantitative estimate of drug-likeness (QED) is 0.811. The average Bonchev–Trinajstić information content (AvgIpc) is 2.38. The van der Waals surface area contributed by atoms with E-state index in [1.807, 2.05) is 6.07 Å². The second-order valence-electron chi connectivity index (χ2n) is 4.63. The lowest BCUT2D eigenvalue weighted by Gasteiger charge is -2.14. The first kappa shape index (κ1) is 12.5. The summed E-state index contributed by atoms with van der Waals surface area (Å²) in [6, 6.07) is 14.8. The van der Waals surface area contributed by atoms with Gasteiger partial charge in [0.25, 0.3) is 0 Å². The van der Waals surface area contributed by atoms with Crippen molar-refractivity contribution in [2.45, 2.75) is 6.92 Å². The number of rotatable bonds is 3. The molecule has 2 aromatic rings. The number of benzene rings is 2. The molecule has 0 saturated heterocycles. The van der Waals surface area contributed by atoms with Gasteiger partial charge in [-0.15, -0.1) is 0 Å². The van der Waals surface area contributed by atoms with Gasteiger partial charge < -0.3 is 9.64 Å². The molecule has 0 unspecified atom stereocenters. The highest BCUT2D eigenvalue weighted by Gasteiger charge is 2.03. The summed E-state index contributed by atoms with van der Waals surface area (Å²) < 4.78 is 5.29. The molecule has 0 aliphatic heterocycles. The smallest absolute Gasteiger partial charge is 0.121 e. The third-order valence-electron chi connectivity index (χ3n) is 3.09. The normalized spacial score (nSPS) is 10.2. The molecule has 0 heterocycles. The van der Waals surface area contributed by atoms with Gasteiger partial charge in [0.15, 0.2) is 0 Å². The molecule has 94 valence electrons. The van der Waals surface area contributed by atoms with Crippen LogP contribution in [0, 0.1) is 6.92 Å². The molecule has 0 aliphatic rings. The molecule has 0 radical (unpaired) electrons. The van der Waals surface area contributed by atoms with Crippen LogP contribution in [-0.2, 0) is 0 Å². The van der Waals surface area contributed by atoms with E-state index in [0.717, 1.165) is 11.3 Å². The lowest BCUT2D eigenvalue weighted by molar-refractivity contribution is 0.412. The van der Waals surface area contributed by atoms with Crippen molar-refractivity contribution in [1.82, 2.24) is 0 Å². The lowest BCUT2D eigenvalue weighted by atomic mass is 10.0. The van der Waals surface area contributed by atoms with Crippen LogP contribution in [0.3, 0.4) is 0 Å². The maximum absolute atomic E-state index is 5.29. The molecule has 18 heavy (non-hydrogen) atoms. The first-order valence-electron chi connectivity index (χ1n) is 6.04. The van der Waals surface area contributed by atoms with Gasteiger partial charge in [-0.2, -0.15) is 0 Å². The molecule has 2 nitrogen and oxygen atoms in total. The van der Waals surface area contributed by atoms with Crippen molar-refractivity contribution in [3.05, 3.63) is 48.0 Å². The summed E-state index contributed by atoms with van der Waals surface area (Å²) in [6.45, 7) is 2.07. The summed E-state index contributed by atoms with van der Waals surface area (Å²) >= 11 is 0. The van der Waals surface area contributed by atoms with Crippen LogP contribution in [0.5, 0.6) is 5.75 Å². The minimum atomic E-state index is 0.933. The highest BCUT2D eigenvalue weighted by molar-refractivity contribution is 5.69. The van der Waals surface area contributed by atoms with E-state index in [1.54, 1.807) is 7.11 Å². The Kier molecular flexibility index (Phi) is 3.56. The van der Waals surface area contributed by atoms with Crippen LogP contribution < -0.4 is 9.64 Å². The largest absolute Gasteiger partial charge is 0.496 e. The SMILES string of the molecule is COc1ccc(-c2cccc(N(C)C)c2)cc1C. The van der Waals surface area contributed by atoms with Crippen molar-refractivity contribution >= 4 is 5.69 Å². The van der Waals surface area contributed by atoms with Gasteiger partial charge >= 0.3 is 0 Å². The molecule has 0 aliphatic carbocycles. The van der Waals surface area contributed by atoms with Crippen LogP contribution in [0.25, 0.3) is 11.1 Å². The number of hydrogen-bond donors (Lipinski definition) is 0. The Hall–Kier alpha value is -1.96. The molecule has 0 saturated carbocycles. The fourth-order valence-electron chi connectivity index (χ4n) is 2.02. The topological polar surface area (TPSA) is 12.5 Å². The van der Waals surface area contributed by atoms with Crippen LogP contribution in [0.2, 0.25) is 0 Å². The zero-order chi connectivity index (χ0) is 13.1. The Balaban J connectivity index is 2.42. The lowest BCUT2D eigenvalue weighted by Crippen LogP contribution is -2.08. The highest BCUT2D eigenvalue weighted by Crippen LogP contribution is 2.28. The zero-order valence-electron chi connectivity index (χ0n) is 11.4. The Labute approximate surface area is 109 Å². The summed E-state index contributed by atoms with van der Waals surface area (Å²) in [6.07, 6.45) is 0. The molecular weight excluding hydrogens is 222 g/mol. The van der Waals surface area contributed by atoms with Crippen molar-refractivity contribution in [3.63, 3.8) is 0 Å². The number of ether oxygens (including phenoxy) is 1. The van der Waals surface area contributed by atoms with Gasteiger partial charge in [0, 0.05) is 19.8 Å². The number of hydrogen-bond acceptors (Lipinski definition) is 2.